The molecule has 1 aliphatic rings. The molecule has 0 unspecified atom stereocenters. The topological polar surface area (TPSA) is 45.0 Å². The Kier molecular flexibility index (Phi) is 5.43. The number of quaternary nitrogens is 1. The maximum atomic E-state index is 12.5. The molecule has 0 spiro atoms. The Hall–Kier alpha value is -1.56. The van der Waals surface area contributed by atoms with Crippen LogP contribution in [0, 0.1) is 0 Å². The zero-order chi connectivity index (χ0) is 17.1. The van der Waals surface area contributed by atoms with Crippen LogP contribution in [0.25, 0.3) is 0 Å². The van der Waals surface area contributed by atoms with Crippen LogP contribution in [-0.4, -0.2) is 42.1 Å². The number of phenols is 1. The van der Waals surface area contributed by atoms with Crippen molar-refractivity contribution >= 4 is 33.4 Å². The Morgan fingerprint density at radius 3 is 2.67 bits per heavy atom. The van der Waals surface area contributed by atoms with Crippen molar-refractivity contribution in [2.75, 3.05) is 26.2 Å². The molecule has 3 rings (SSSR count). The summed E-state index contributed by atoms with van der Waals surface area (Å²) in [5, 5.41) is 10.5. The van der Waals surface area contributed by atoms with Crippen molar-refractivity contribution in [1.29, 1.82) is 0 Å². The Labute approximate surface area is 154 Å². The number of nitrogens with zero attached hydrogens (tertiary/aromatic N) is 1. The van der Waals surface area contributed by atoms with Crippen molar-refractivity contribution in [3.63, 3.8) is 0 Å². The van der Waals surface area contributed by atoms with E-state index in [0.717, 1.165) is 29.7 Å². The number of hydrogen-bond acceptors (Lipinski definition) is 2. The van der Waals surface area contributed by atoms with E-state index in [1.807, 2.05) is 17.0 Å². The highest BCUT2D eigenvalue weighted by Crippen LogP contribution is 2.21. The van der Waals surface area contributed by atoms with Gasteiger partial charge in [-0.15, -0.1) is 0 Å². The van der Waals surface area contributed by atoms with Crippen LogP contribution in [0.4, 0.5) is 0 Å². The molecule has 1 amide bonds. The second-order valence-electron chi connectivity index (χ2n) is 6.00. The standard InChI is InChI=1S/C18H18BrClN2O2/c19-15-4-5-17(23)14(10-15)12-21-6-8-22(9-7-21)18(24)13-2-1-3-16(20)11-13/h1-5,10-11,23H,6-9,12H2/p+1. The quantitative estimate of drug-likeness (QED) is 0.816. The molecule has 0 saturated carbocycles. The number of phenolic OH excluding ortho intramolecular Hbond substituents is 1. The highest BCUT2D eigenvalue weighted by molar-refractivity contribution is 9.10. The van der Waals surface area contributed by atoms with Gasteiger partial charge >= 0.3 is 0 Å². The van der Waals surface area contributed by atoms with Crippen molar-refractivity contribution in [1.82, 2.24) is 4.90 Å². The Balaban J connectivity index is 1.59. The van der Waals surface area contributed by atoms with Gasteiger partial charge in [-0.3, -0.25) is 4.79 Å². The van der Waals surface area contributed by atoms with Gasteiger partial charge in [-0.1, -0.05) is 33.6 Å². The number of halogens is 2. The van der Waals surface area contributed by atoms with E-state index in [1.165, 1.54) is 4.90 Å². The lowest BCUT2D eigenvalue weighted by Gasteiger charge is -2.32. The predicted molar refractivity (Wildman–Crippen MR) is 97.6 cm³/mol. The van der Waals surface area contributed by atoms with Crippen molar-refractivity contribution in [2.45, 2.75) is 6.54 Å². The maximum absolute atomic E-state index is 12.5. The molecule has 0 aromatic heterocycles. The molecule has 2 aromatic rings. The molecule has 6 heteroatoms. The number of piperazine rings is 1. The summed E-state index contributed by atoms with van der Waals surface area (Å²) in [5.41, 5.74) is 1.56. The minimum atomic E-state index is 0.0295. The number of carbonyl (C=O) groups is 1. The number of rotatable bonds is 3. The van der Waals surface area contributed by atoms with E-state index in [4.69, 9.17) is 11.6 Å². The van der Waals surface area contributed by atoms with Crippen molar-refractivity contribution in [3.05, 3.63) is 63.1 Å². The zero-order valence-corrected chi connectivity index (χ0v) is 15.5. The molecule has 4 nitrogen and oxygen atoms in total. The van der Waals surface area contributed by atoms with Crippen LogP contribution in [0.3, 0.4) is 0 Å². The van der Waals surface area contributed by atoms with Gasteiger partial charge in [0.25, 0.3) is 5.91 Å². The maximum Gasteiger partial charge on any atom is 0.254 e. The van der Waals surface area contributed by atoms with Gasteiger partial charge in [0.1, 0.15) is 12.3 Å². The van der Waals surface area contributed by atoms with Gasteiger partial charge in [0, 0.05) is 20.6 Å². The molecule has 0 aliphatic carbocycles. The van der Waals surface area contributed by atoms with E-state index in [0.29, 0.717) is 29.4 Å². The predicted octanol–water partition coefficient (Wildman–Crippen LogP) is 2.35. The van der Waals surface area contributed by atoms with Crippen LogP contribution in [0.15, 0.2) is 46.9 Å². The van der Waals surface area contributed by atoms with E-state index in [9.17, 15) is 9.90 Å². The van der Waals surface area contributed by atoms with Crippen LogP contribution in [0.5, 0.6) is 5.75 Å². The summed E-state index contributed by atoms with van der Waals surface area (Å²) < 4.78 is 0.962. The third-order valence-electron chi connectivity index (χ3n) is 4.31. The van der Waals surface area contributed by atoms with E-state index < -0.39 is 0 Å². The van der Waals surface area contributed by atoms with E-state index in [1.54, 1.807) is 30.3 Å². The Bertz CT molecular complexity index is 746. The second kappa shape index (κ2) is 7.55. The summed E-state index contributed by atoms with van der Waals surface area (Å²) in [6, 6.07) is 12.6. The number of amides is 1. The summed E-state index contributed by atoms with van der Waals surface area (Å²) >= 11 is 9.40. The number of aromatic hydroxyl groups is 1. The Morgan fingerprint density at radius 1 is 1.21 bits per heavy atom. The van der Waals surface area contributed by atoms with Gasteiger partial charge in [-0.05, 0) is 36.4 Å². The summed E-state index contributed by atoms with van der Waals surface area (Å²) in [6.07, 6.45) is 0. The third kappa shape index (κ3) is 4.09. The summed E-state index contributed by atoms with van der Waals surface area (Å²) in [5.74, 6) is 0.352. The fourth-order valence-electron chi connectivity index (χ4n) is 2.97. The number of nitrogens with one attached hydrogen (secondary N) is 1. The smallest absolute Gasteiger partial charge is 0.254 e. The highest BCUT2D eigenvalue weighted by atomic mass is 79.9. The zero-order valence-electron chi connectivity index (χ0n) is 13.1. The minimum Gasteiger partial charge on any atom is -0.507 e. The molecule has 126 valence electrons. The first-order valence-electron chi connectivity index (χ1n) is 7.89. The molecule has 1 heterocycles. The van der Waals surface area contributed by atoms with Crippen molar-refractivity contribution in [3.8, 4) is 5.75 Å². The lowest BCUT2D eigenvalue weighted by Crippen LogP contribution is -3.13. The SMILES string of the molecule is O=C(c1cccc(Cl)c1)N1CC[NH+](Cc2cc(Br)ccc2O)CC1. The van der Waals surface area contributed by atoms with E-state index >= 15 is 0 Å². The van der Waals surface area contributed by atoms with Gasteiger partial charge in [0.05, 0.1) is 26.2 Å². The number of benzene rings is 2. The molecule has 1 aliphatic heterocycles. The van der Waals surface area contributed by atoms with Crippen LogP contribution in [0.2, 0.25) is 5.02 Å². The summed E-state index contributed by atoms with van der Waals surface area (Å²) in [7, 11) is 0. The number of hydrogen-bond donors (Lipinski definition) is 2. The van der Waals surface area contributed by atoms with Crippen molar-refractivity contribution in [2.24, 2.45) is 0 Å². The molecule has 1 saturated heterocycles. The normalized spacial score (nSPS) is 15.5. The molecule has 1 fully saturated rings. The second-order valence-corrected chi connectivity index (χ2v) is 7.35. The van der Waals surface area contributed by atoms with Gasteiger partial charge in [0.2, 0.25) is 0 Å². The summed E-state index contributed by atoms with van der Waals surface area (Å²) in [6.45, 7) is 3.88. The van der Waals surface area contributed by atoms with E-state index in [2.05, 4.69) is 15.9 Å². The monoisotopic (exact) mass is 409 g/mol. The van der Waals surface area contributed by atoms with Gasteiger partial charge in [-0.25, -0.2) is 0 Å². The van der Waals surface area contributed by atoms with Crippen molar-refractivity contribution < 1.29 is 14.8 Å². The lowest BCUT2D eigenvalue weighted by atomic mass is 10.1. The van der Waals surface area contributed by atoms with E-state index in [-0.39, 0.29) is 5.91 Å². The van der Waals surface area contributed by atoms with Gasteiger partial charge < -0.3 is 14.9 Å². The first kappa shape index (κ1) is 17.3. The molecule has 0 radical (unpaired) electrons. The highest BCUT2D eigenvalue weighted by Gasteiger charge is 2.25. The molecular weight excluding hydrogens is 392 g/mol. The molecular formula is C18H19BrClN2O2+. The van der Waals surface area contributed by atoms with Crippen LogP contribution < -0.4 is 4.90 Å². The largest absolute Gasteiger partial charge is 0.507 e. The first-order valence-corrected chi connectivity index (χ1v) is 9.06. The van der Waals surface area contributed by atoms with Crippen LogP contribution in [0.1, 0.15) is 15.9 Å². The first-order chi connectivity index (χ1) is 11.5. The van der Waals surface area contributed by atoms with Gasteiger partial charge in [0.15, 0.2) is 0 Å². The fraction of sp³-hybridized carbons (Fsp3) is 0.278. The summed E-state index contributed by atoms with van der Waals surface area (Å²) in [4.78, 5) is 15.8. The lowest BCUT2D eigenvalue weighted by molar-refractivity contribution is -0.917. The third-order valence-corrected chi connectivity index (χ3v) is 5.04. The van der Waals surface area contributed by atoms with Crippen LogP contribution in [-0.2, 0) is 6.54 Å². The average Bonchev–Trinajstić information content (AvgIpc) is 2.58. The molecule has 0 bridgehead atoms. The minimum absolute atomic E-state index is 0.0295. The average molecular weight is 411 g/mol. The fourth-order valence-corrected chi connectivity index (χ4v) is 3.57. The molecule has 2 aromatic carbocycles. The molecule has 24 heavy (non-hydrogen) atoms. The Morgan fingerprint density at radius 2 is 1.96 bits per heavy atom. The molecule has 2 N–H and O–H groups in total. The van der Waals surface area contributed by atoms with Crippen LogP contribution >= 0.6 is 27.5 Å². The molecule has 0 atom stereocenters. The van der Waals surface area contributed by atoms with Gasteiger partial charge in [-0.2, -0.15) is 0 Å². The number of carbonyl (C=O) groups excluding carboxylic acids is 1.